The van der Waals surface area contributed by atoms with Gasteiger partial charge < -0.3 is 9.72 Å². The third-order valence-corrected chi connectivity index (χ3v) is 3.32. The number of aromatic nitrogens is 1. The first-order chi connectivity index (χ1) is 11.0. The second-order valence-corrected chi connectivity index (χ2v) is 5.45. The standard InChI is InChI=1S/C17H26N2O/c1-12(2)19(13(3)4)9-8-14-11-18-17-7-6-15(20-5)10-16(14)17/h6-7,10-13,18H,8-9H2,1-5H3/i8D2,9D2. The Morgan fingerprint density at radius 1 is 1.25 bits per heavy atom. The van der Waals surface area contributed by atoms with Gasteiger partial charge in [0.25, 0.3) is 0 Å². The SMILES string of the molecule is [2H]C([2H])(c1c[nH]c2ccc(OC)cc12)C([2H])([2H])N(C(C)C)C(C)C. The molecule has 0 saturated heterocycles. The zero-order chi connectivity index (χ0) is 18.3. The highest BCUT2D eigenvalue weighted by atomic mass is 16.5. The van der Waals surface area contributed by atoms with Gasteiger partial charge in [-0.3, -0.25) is 4.90 Å². The van der Waals surface area contributed by atoms with Crippen LogP contribution in [-0.2, 0) is 6.37 Å². The van der Waals surface area contributed by atoms with Gasteiger partial charge in [0, 0.05) is 41.2 Å². The number of H-pyrrole nitrogens is 1. The van der Waals surface area contributed by atoms with Crippen molar-refractivity contribution in [1.29, 1.82) is 0 Å². The fourth-order valence-electron chi connectivity index (χ4n) is 2.31. The molecule has 0 aliphatic carbocycles. The minimum absolute atomic E-state index is 0.130. The van der Waals surface area contributed by atoms with Crippen molar-refractivity contribution in [3.63, 3.8) is 0 Å². The number of rotatable bonds is 6. The zero-order valence-corrected chi connectivity index (χ0v) is 12.8. The summed E-state index contributed by atoms with van der Waals surface area (Å²) in [6.07, 6.45) is -0.646. The minimum atomic E-state index is -2.20. The molecule has 1 aromatic heterocycles. The molecule has 1 heterocycles. The van der Waals surface area contributed by atoms with Crippen LogP contribution in [-0.4, -0.2) is 35.6 Å². The molecule has 0 amide bonds. The monoisotopic (exact) mass is 278 g/mol. The van der Waals surface area contributed by atoms with Crippen molar-refractivity contribution in [1.82, 2.24) is 9.88 Å². The first-order valence-corrected chi connectivity index (χ1v) is 6.98. The minimum Gasteiger partial charge on any atom is -0.497 e. The number of aromatic amines is 1. The van der Waals surface area contributed by atoms with E-state index in [1.54, 1.807) is 30.3 Å². The summed E-state index contributed by atoms with van der Waals surface area (Å²) in [6.45, 7) is 5.35. The van der Waals surface area contributed by atoms with Gasteiger partial charge in [-0.25, -0.2) is 0 Å². The van der Waals surface area contributed by atoms with E-state index in [0.29, 0.717) is 16.7 Å². The molecule has 110 valence electrons. The van der Waals surface area contributed by atoms with Crippen molar-refractivity contribution >= 4 is 10.9 Å². The Kier molecular flexibility index (Phi) is 3.24. The van der Waals surface area contributed by atoms with E-state index in [9.17, 15) is 0 Å². The van der Waals surface area contributed by atoms with Crippen molar-refractivity contribution in [3.8, 4) is 5.75 Å². The highest BCUT2D eigenvalue weighted by molar-refractivity contribution is 5.84. The first kappa shape index (κ1) is 10.3. The van der Waals surface area contributed by atoms with Crippen LogP contribution >= 0.6 is 0 Å². The highest BCUT2D eigenvalue weighted by Gasteiger charge is 2.14. The summed E-state index contributed by atoms with van der Waals surface area (Å²) in [4.78, 5) is 4.61. The molecular weight excluding hydrogens is 248 g/mol. The average molecular weight is 278 g/mol. The van der Waals surface area contributed by atoms with Crippen LogP contribution < -0.4 is 4.74 Å². The molecule has 1 aromatic carbocycles. The van der Waals surface area contributed by atoms with Gasteiger partial charge in [-0.2, -0.15) is 0 Å². The Morgan fingerprint density at radius 3 is 2.55 bits per heavy atom. The predicted molar refractivity (Wildman–Crippen MR) is 85.5 cm³/mol. The molecule has 1 N–H and O–H groups in total. The van der Waals surface area contributed by atoms with Gasteiger partial charge in [-0.05, 0) is 57.8 Å². The second kappa shape index (κ2) is 6.31. The normalized spacial score (nSPS) is 16.4. The molecule has 0 atom stereocenters. The molecule has 2 aromatic rings. The summed E-state index contributed by atoms with van der Waals surface area (Å²) in [5.74, 6) is 0.615. The van der Waals surface area contributed by atoms with Gasteiger partial charge in [0.05, 0.1) is 7.11 Å². The van der Waals surface area contributed by atoms with Gasteiger partial charge in [0.1, 0.15) is 5.75 Å². The van der Waals surface area contributed by atoms with E-state index in [4.69, 9.17) is 10.2 Å². The van der Waals surface area contributed by atoms with Gasteiger partial charge >= 0.3 is 0 Å². The molecule has 0 spiro atoms. The summed E-state index contributed by atoms with van der Waals surface area (Å²) >= 11 is 0. The summed E-state index contributed by atoms with van der Waals surface area (Å²) in [6, 6.07) is 5.09. The third-order valence-electron chi connectivity index (χ3n) is 3.32. The van der Waals surface area contributed by atoms with E-state index in [2.05, 4.69) is 4.98 Å². The van der Waals surface area contributed by atoms with Gasteiger partial charge in [-0.1, -0.05) is 0 Å². The predicted octanol–water partition coefficient (Wildman–Crippen LogP) is 3.84. The largest absolute Gasteiger partial charge is 0.497 e. The van der Waals surface area contributed by atoms with Crippen LogP contribution in [0.4, 0.5) is 0 Å². The maximum atomic E-state index is 8.60. The van der Waals surface area contributed by atoms with Crippen molar-refractivity contribution in [2.75, 3.05) is 13.6 Å². The lowest BCUT2D eigenvalue weighted by atomic mass is 10.1. The Labute approximate surface area is 127 Å². The molecule has 3 heteroatoms. The molecule has 0 unspecified atom stereocenters. The van der Waals surface area contributed by atoms with Crippen LogP contribution in [0.25, 0.3) is 10.9 Å². The van der Waals surface area contributed by atoms with Crippen LogP contribution in [0, 0.1) is 0 Å². The maximum Gasteiger partial charge on any atom is 0.119 e. The lowest BCUT2D eigenvalue weighted by Crippen LogP contribution is -2.38. The van der Waals surface area contributed by atoms with Crippen LogP contribution in [0.5, 0.6) is 5.75 Å². The summed E-state index contributed by atoms with van der Waals surface area (Å²) in [7, 11) is 1.56. The number of hydrogen-bond acceptors (Lipinski definition) is 2. The fraction of sp³-hybridized carbons (Fsp3) is 0.529. The van der Waals surface area contributed by atoms with Crippen molar-refractivity contribution in [2.45, 2.75) is 46.2 Å². The molecule has 3 nitrogen and oxygen atoms in total. The Balaban J connectivity index is 2.60. The topological polar surface area (TPSA) is 28.3 Å². The van der Waals surface area contributed by atoms with Crippen molar-refractivity contribution < 1.29 is 10.2 Å². The van der Waals surface area contributed by atoms with E-state index in [-0.39, 0.29) is 12.1 Å². The quantitative estimate of drug-likeness (QED) is 0.869. The second-order valence-electron chi connectivity index (χ2n) is 5.45. The number of benzene rings is 1. The van der Waals surface area contributed by atoms with Crippen LogP contribution in [0.1, 0.15) is 38.7 Å². The molecule has 20 heavy (non-hydrogen) atoms. The zero-order valence-electron chi connectivity index (χ0n) is 16.8. The number of hydrogen-bond donors (Lipinski definition) is 1. The number of nitrogens with zero attached hydrogens (tertiary/aromatic N) is 1. The van der Waals surface area contributed by atoms with Gasteiger partial charge in [0.15, 0.2) is 0 Å². The van der Waals surface area contributed by atoms with E-state index < -0.39 is 12.9 Å². The Morgan fingerprint density at radius 2 is 1.95 bits per heavy atom. The Hall–Kier alpha value is -1.48. The number of aryl methyl sites for hydroxylation is 1. The van der Waals surface area contributed by atoms with Crippen molar-refractivity contribution in [2.24, 2.45) is 0 Å². The molecule has 0 bridgehead atoms. The van der Waals surface area contributed by atoms with Crippen molar-refractivity contribution in [3.05, 3.63) is 30.0 Å². The third kappa shape index (κ3) is 3.15. The van der Waals surface area contributed by atoms with E-state index in [0.717, 1.165) is 5.52 Å². The van der Waals surface area contributed by atoms with E-state index >= 15 is 0 Å². The van der Waals surface area contributed by atoms with Crippen LogP contribution in [0.2, 0.25) is 0 Å². The number of fused-ring (bicyclic) bond motifs is 1. The first-order valence-electron chi connectivity index (χ1n) is 8.98. The van der Waals surface area contributed by atoms with Gasteiger partial charge in [-0.15, -0.1) is 0 Å². The number of nitrogens with one attached hydrogen (secondary N) is 1. The lowest BCUT2D eigenvalue weighted by Gasteiger charge is -2.30. The summed E-state index contributed by atoms with van der Waals surface area (Å²) in [5.41, 5.74) is 1.05. The number of ether oxygens (including phenoxy) is 1. The van der Waals surface area contributed by atoms with E-state index in [1.165, 1.54) is 0 Å². The lowest BCUT2D eigenvalue weighted by molar-refractivity contribution is 0.177. The highest BCUT2D eigenvalue weighted by Crippen LogP contribution is 2.24. The molecule has 0 saturated carbocycles. The molecule has 0 aliphatic heterocycles. The summed E-state index contributed by atoms with van der Waals surface area (Å²) in [5, 5.41) is 0.635. The van der Waals surface area contributed by atoms with Gasteiger partial charge in [0.2, 0.25) is 0 Å². The molecule has 0 radical (unpaired) electrons. The molecule has 2 rings (SSSR count). The fourth-order valence-corrected chi connectivity index (χ4v) is 2.31. The molecular formula is C17H26N2O. The van der Waals surface area contributed by atoms with Crippen LogP contribution in [0.3, 0.4) is 0 Å². The van der Waals surface area contributed by atoms with E-state index in [1.807, 2.05) is 33.8 Å². The Bertz CT molecular complexity index is 702. The average Bonchev–Trinajstić information content (AvgIpc) is 2.88. The maximum absolute atomic E-state index is 8.60. The number of methoxy groups -OCH3 is 1. The molecule has 0 fully saturated rings. The van der Waals surface area contributed by atoms with Crippen LogP contribution in [0.15, 0.2) is 24.4 Å². The molecule has 0 aliphatic rings. The smallest absolute Gasteiger partial charge is 0.119 e. The summed E-state index contributed by atoms with van der Waals surface area (Å²) < 4.78 is 39.6.